The number of nitrogens with zero attached hydrogens (tertiary/aromatic N) is 1. The van der Waals surface area contributed by atoms with Crippen molar-refractivity contribution in [3.63, 3.8) is 0 Å². The number of carbonyl (C=O) groups excluding carboxylic acids is 7. The van der Waals surface area contributed by atoms with Crippen molar-refractivity contribution in [2.75, 3.05) is 25.4 Å². The first-order valence-electron chi connectivity index (χ1n) is 22.1. The van der Waals surface area contributed by atoms with E-state index in [1.165, 1.54) is 17.1 Å². The van der Waals surface area contributed by atoms with Crippen molar-refractivity contribution >= 4 is 54.2 Å². The number of phenolic OH excluding ortho intramolecular Hbond substituents is 1. The SMILES string of the molecule is CC(C)(C)OC(=O)NN(C(=O)C(Cc1ccccc1)NC(=O)C(Cc1ccc(O)cc1)NC(=O)[C@@H](CS)NC(=O)CNC(=O)CNC(=O)CN)C(c1ccccc1)(c1ccccc1)c1ccccc1. The fraction of sp³-hybridized carbons (Fsp3) is 0.275. The molecule has 9 N–H and O–H groups in total. The summed E-state index contributed by atoms with van der Waals surface area (Å²) in [6.07, 6.45) is -1.20. The van der Waals surface area contributed by atoms with Crippen LogP contribution in [0.4, 0.5) is 4.79 Å². The molecule has 362 valence electrons. The minimum Gasteiger partial charge on any atom is -0.508 e. The highest BCUT2D eigenvalue weighted by Gasteiger charge is 2.48. The van der Waals surface area contributed by atoms with Gasteiger partial charge in [0.1, 0.15) is 35.0 Å². The topological polar surface area (TPSA) is 250 Å². The van der Waals surface area contributed by atoms with E-state index in [9.17, 15) is 33.9 Å². The van der Waals surface area contributed by atoms with E-state index in [1.807, 2.05) is 91.0 Å². The lowest BCUT2D eigenvalue weighted by Gasteiger charge is -2.46. The van der Waals surface area contributed by atoms with E-state index in [2.05, 4.69) is 44.6 Å². The number of ether oxygens (including phenoxy) is 1. The number of benzene rings is 5. The third kappa shape index (κ3) is 14.9. The smallest absolute Gasteiger partial charge is 0.426 e. The third-order valence-corrected chi connectivity index (χ3v) is 10.9. The van der Waals surface area contributed by atoms with E-state index in [4.69, 9.17) is 10.5 Å². The largest absolute Gasteiger partial charge is 0.508 e. The highest BCUT2D eigenvalue weighted by molar-refractivity contribution is 7.80. The number of hydrogen-bond acceptors (Lipinski definition) is 11. The average molecular weight is 959 g/mol. The van der Waals surface area contributed by atoms with Gasteiger partial charge >= 0.3 is 6.09 Å². The van der Waals surface area contributed by atoms with Gasteiger partial charge in [-0.2, -0.15) is 12.6 Å². The van der Waals surface area contributed by atoms with Crippen LogP contribution in [0.3, 0.4) is 0 Å². The van der Waals surface area contributed by atoms with Gasteiger partial charge in [0, 0.05) is 18.6 Å². The fourth-order valence-electron chi connectivity index (χ4n) is 7.38. The fourth-order valence-corrected chi connectivity index (χ4v) is 7.64. The Morgan fingerprint density at radius 3 is 1.51 bits per heavy atom. The lowest BCUT2D eigenvalue weighted by Crippen LogP contribution is -2.65. The predicted molar refractivity (Wildman–Crippen MR) is 262 cm³/mol. The van der Waals surface area contributed by atoms with E-state index in [0.29, 0.717) is 27.8 Å². The van der Waals surface area contributed by atoms with Crippen LogP contribution >= 0.6 is 12.6 Å². The summed E-state index contributed by atoms with van der Waals surface area (Å²) in [6, 6.07) is 38.1. The van der Waals surface area contributed by atoms with Gasteiger partial charge in [-0.1, -0.05) is 133 Å². The lowest BCUT2D eigenvalue weighted by atomic mass is 9.76. The van der Waals surface area contributed by atoms with Crippen molar-refractivity contribution in [1.29, 1.82) is 0 Å². The van der Waals surface area contributed by atoms with Crippen LogP contribution in [0.25, 0.3) is 0 Å². The normalized spacial score (nSPS) is 12.5. The summed E-state index contributed by atoms with van der Waals surface area (Å²) in [5.41, 5.74) is 8.34. The highest BCUT2D eigenvalue weighted by Crippen LogP contribution is 2.42. The van der Waals surface area contributed by atoms with Crippen molar-refractivity contribution in [2.24, 2.45) is 5.73 Å². The molecule has 5 rings (SSSR count). The van der Waals surface area contributed by atoms with Gasteiger partial charge in [0.2, 0.25) is 29.5 Å². The number of carbonyl (C=O) groups is 7. The zero-order valence-corrected chi connectivity index (χ0v) is 39.4. The molecule has 0 heterocycles. The lowest BCUT2D eigenvalue weighted by molar-refractivity contribution is -0.144. The van der Waals surface area contributed by atoms with E-state index >= 15 is 4.79 Å². The summed E-state index contributed by atoms with van der Waals surface area (Å²) >= 11 is 4.27. The monoisotopic (exact) mass is 958 g/mol. The van der Waals surface area contributed by atoms with Crippen molar-refractivity contribution < 1.29 is 43.4 Å². The van der Waals surface area contributed by atoms with Gasteiger partial charge < -0.3 is 42.2 Å². The average Bonchev–Trinajstić information content (AvgIpc) is 3.34. The predicted octanol–water partition coefficient (Wildman–Crippen LogP) is 3.01. The molecule has 0 aliphatic carbocycles. The molecule has 0 aliphatic heterocycles. The zero-order valence-electron chi connectivity index (χ0n) is 38.5. The number of nitrogens with one attached hydrogen (secondary N) is 6. The summed E-state index contributed by atoms with van der Waals surface area (Å²) < 4.78 is 5.80. The van der Waals surface area contributed by atoms with E-state index in [0.717, 1.165) is 0 Å². The van der Waals surface area contributed by atoms with Crippen molar-refractivity contribution in [3.05, 3.63) is 173 Å². The molecule has 0 spiro atoms. The molecule has 0 radical (unpaired) electrons. The molecule has 0 saturated carbocycles. The maximum Gasteiger partial charge on any atom is 0.426 e. The molecule has 18 heteroatoms. The quantitative estimate of drug-likeness (QED) is 0.0314. The molecule has 0 aromatic heterocycles. The van der Waals surface area contributed by atoms with Crippen LogP contribution in [0.5, 0.6) is 5.75 Å². The number of rotatable bonds is 20. The van der Waals surface area contributed by atoms with E-state index < -0.39 is 83.9 Å². The number of hydrazine groups is 1. The van der Waals surface area contributed by atoms with Gasteiger partial charge in [-0.3, -0.25) is 28.8 Å². The minimum absolute atomic E-state index is 0.0414. The molecule has 69 heavy (non-hydrogen) atoms. The summed E-state index contributed by atoms with van der Waals surface area (Å²) in [5, 5.41) is 24.0. The number of hydrogen-bond donors (Lipinski definition) is 9. The number of thiol groups is 1. The number of phenols is 1. The minimum atomic E-state index is -1.60. The number of amides is 7. The summed E-state index contributed by atoms with van der Waals surface area (Å²) in [4.78, 5) is 95.6. The van der Waals surface area contributed by atoms with Gasteiger partial charge in [0.25, 0.3) is 5.91 Å². The van der Waals surface area contributed by atoms with Crippen LogP contribution in [-0.2, 0) is 51.9 Å². The molecule has 0 saturated heterocycles. The van der Waals surface area contributed by atoms with Crippen LogP contribution in [-0.4, -0.2) is 101 Å². The Balaban J connectivity index is 1.58. The van der Waals surface area contributed by atoms with Gasteiger partial charge in [-0.25, -0.2) is 15.2 Å². The molecule has 7 amide bonds. The summed E-state index contributed by atoms with van der Waals surface area (Å²) in [7, 11) is 0. The molecular formula is C51H58N8O9S. The Hall–Kier alpha value is -7.70. The van der Waals surface area contributed by atoms with Crippen LogP contribution in [0, 0.1) is 0 Å². The molecule has 0 bridgehead atoms. The van der Waals surface area contributed by atoms with Gasteiger partial charge in [0.05, 0.1) is 19.6 Å². The second kappa shape index (κ2) is 24.9. The van der Waals surface area contributed by atoms with E-state index in [-0.39, 0.29) is 30.9 Å². The van der Waals surface area contributed by atoms with Gasteiger partial charge in [0.15, 0.2) is 0 Å². The van der Waals surface area contributed by atoms with Crippen molar-refractivity contribution in [3.8, 4) is 5.75 Å². The Labute approximate surface area is 406 Å². The summed E-state index contributed by atoms with van der Waals surface area (Å²) in [6.45, 7) is 3.75. The van der Waals surface area contributed by atoms with Crippen molar-refractivity contribution in [1.82, 2.24) is 37.0 Å². The molecular weight excluding hydrogens is 901 g/mol. The first-order valence-corrected chi connectivity index (χ1v) is 22.7. The second-order valence-corrected chi connectivity index (χ2v) is 17.2. The summed E-state index contributed by atoms with van der Waals surface area (Å²) in [5.74, 6) is -4.71. The zero-order chi connectivity index (χ0) is 50.0. The maximum atomic E-state index is 16.0. The Morgan fingerprint density at radius 2 is 1.01 bits per heavy atom. The molecule has 2 unspecified atom stereocenters. The maximum absolute atomic E-state index is 16.0. The van der Waals surface area contributed by atoms with Gasteiger partial charge in [-0.15, -0.1) is 0 Å². The number of nitrogens with two attached hydrogens (primary N) is 1. The molecule has 5 aromatic carbocycles. The molecule has 3 atom stereocenters. The standard InChI is InChI=1S/C51H58N8O9S/c1-50(2,3)68-49(67)58-59(51(36-18-10-5-11-19-36,37-20-12-6-13-21-37)38-22-14-7-15-23-38)48(66)41(29-34-16-8-4-9-17-34)57-46(64)40(28-35-24-26-39(60)27-25-35)56-47(65)42(33-69)55-45(63)32-54-44(62)31-53-43(61)30-52/h4-27,40-42,60,69H,28-33,52H2,1-3H3,(H,53,61)(H,54,62)(H,55,63)(H,56,65)(H,57,64)(H,58,67)/t40?,41?,42-/m1/s1. The van der Waals surface area contributed by atoms with E-state index in [1.54, 1.807) is 63.2 Å². The Kier molecular flexibility index (Phi) is 18.9. The second-order valence-electron chi connectivity index (χ2n) is 16.8. The molecule has 5 aromatic rings. The first-order chi connectivity index (χ1) is 33.0. The van der Waals surface area contributed by atoms with Crippen LogP contribution < -0.4 is 37.7 Å². The molecule has 17 nitrogen and oxygen atoms in total. The van der Waals surface area contributed by atoms with Crippen LogP contribution in [0.15, 0.2) is 146 Å². The highest BCUT2D eigenvalue weighted by atomic mass is 32.1. The van der Waals surface area contributed by atoms with Crippen LogP contribution in [0.1, 0.15) is 48.6 Å². The first kappa shape index (κ1) is 52.3. The molecule has 0 aliphatic rings. The van der Waals surface area contributed by atoms with Crippen molar-refractivity contribution in [2.45, 2.75) is 62.9 Å². The number of aromatic hydroxyl groups is 1. The third-order valence-electron chi connectivity index (χ3n) is 10.6. The Bertz CT molecular complexity index is 2420. The van der Waals surface area contributed by atoms with Gasteiger partial charge in [-0.05, 0) is 60.7 Å². The van der Waals surface area contributed by atoms with Crippen LogP contribution in [0.2, 0.25) is 0 Å². The molecule has 0 fully saturated rings. The Morgan fingerprint density at radius 1 is 0.580 bits per heavy atom.